The number of aliphatic hydroxyl groups excluding tert-OH is 2. The van der Waals surface area contributed by atoms with Crippen LogP contribution in [0.1, 0.15) is 206 Å². The van der Waals surface area contributed by atoms with Crippen molar-refractivity contribution in [3.05, 3.63) is 105 Å². The quantitative estimate of drug-likeness (QED) is 0.0168. The van der Waals surface area contributed by atoms with E-state index in [0.717, 1.165) is 6.92 Å². The second-order valence-corrected chi connectivity index (χ2v) is 25.3. The highest BCUT2D eigenvalue weighted by Gasteiger charge is 2.49. The first kappa shape index (κ1) is 41.4. The summed E-state index contributed by atoms with van der Waals surface area (Å²) in [4.78, 5) is 24.8. The van der Waals surface area contributed by atoms with Gasteiger partial charge in [0.1, 0.15) is 53.9 Å². The van der Waals surface area contributed by atoms with Crippen molar-refractivity contribution >= 4 is 86.2 Å². The number of hydrogen-bond donors (Lipinski definition) is 12. The number of hydrogen-bond acceptors (Lipinski definition) is 30. The lowest BCUT2D eigenvalue weighted by molar-refractivity contribution is -0.0629. The number of aliphatic hydroxyl groups is 9. The molecule has 108 heavy (non-hydrogen) atoms. The summed E-state index contributed by atoms with van der Waals surface area (Å²) < 4.78 is 421. The fourth-order valence-corrected chi connectivity index (χ4v) is 11.5. The Morgan fingerprint density at radius 3 is 1.21 bits per heavy atom. The second-order valence-electron chi connectivity index (χ2n) is 22.7. The Balaban J connectivity index is 0.000000189. The Morgan fingerprint density at radius 1 is 0.491 bits per heavy atom. The molecular formula is C72H93F3N18O12S3. The van der Waals surface area contributed by atoms with Gasteiger partial charge in [-0.05, 0) is 111 Å². The number of ether oxygens (including phenoxy) is 3. The number of rotatable bonds is 30. The third-order valence-corrected chi connectivity index (χ3v) is 17.7. The Hall–Kier alpha value is -7.14. The molecule has 0 amide bonds. The normalized spacial score (nSPS) is 46.8. The molecule has 3 aromatic carbocycles. The summed E-state index contributed by atoms with van der Waals surface area (Å²) in [6, 6.07) is -23.0. The standard InChI is InChI=1S/3C24H31FN6O4S/c3*1-3-8-36-24-27-22(26-16-10-14(16)13-5-4-12(2)15(25)9-13)19-23(28-24)31(30-29-19)17-11-18(35-7-6-32)21(34)20(17)33/h3*4-5,9,14,16-18,20-21,32-34H,3,6-8,10-11H2,1-2H3,(H,26,27,28)/t3*14-,16+,17+,18-,20-,21+/m000/s1/i4D,5D,8D2,9D,10D2,11D2,14D,16D,17D,18D,20D,21D;4D,5D,7D2,8D2,9D,11D2,14D,17D,18D,20D,21D;4D,5D,6D2,8D2,9D,11D2,14D,17D,18D,20D,21D. The van der Waals surface area contributed by atoms with E-state index >= 15 is 0 Å². The SMILES string of the molecule is [2H]c1c([2H])c([C@]2([2H])C([2H])([2H])[C@@]2([2H])Nc2nc(SC([2H])([2H])CC)nc3c2nnn3[C@]2([2H])C([2H])([2H])[C@]([2H])(OCCO)[C@@]([2H])(O)[C@@]2([2H])O)c([2H])c(F)c1C.[2H]c1c([2H])c([C@]2([2H])C[C@H]2Nc2nc(SC([2H])([2H])CC)nc3c2nnn3[C@]2([2H])C([2H])([2H])[C@]([2H])(OC([2H])([2H])CO)[C@@]([2H])(O)[C@@]2([2H])O)c([2H])c(F)c1C.[2H]c1c([2H])c([C@]2([2H])C[C@H]2Nc2nc(SC([2H])([2H])CC)nc3c2nnn3[C@]2([2H])C([2H])([2H])[C@]([2H])(OCC([2H])([2H])O)[C@@]([2H])(O)[C@@]2([2H])O)c([2H])c(F)c1C. The highest BCUT2D eigenvalue weighted by molar-refractivity contribution is 7.99. The largest absolute Gasteiger partial charge is 0.394 e. The molecule has 582 valence electrons. The fraction of sp³-hybridized carbons (Fsp3) is 0.583. The molecule has 0 aliphatic heterocycles. The zero-order valence-electron chi connectivity index (χ0n) is 99.8. The number of anilines is 3. The van der Waals surface area contributed by atoms with Gasteiger partial charge in [-0.15, -0.1) is 15.3 Å². The molecule has 6 aliphatic carbocycles. The van der Waals surface area contributed by atoms with Crippen LogP contribution in [0, 0.1) is 38.2 Å². The third kappa shape index (κ3) is 17.5. The maximum atomic E-state index is 15.0. The van der Waals surface area contributed by atoms with Crippen LogP contribution in [-0.2, 0) is 14.2 Å². The molecular weight excluding hydrogens is 1460 g/mol. The molecule has 6 aromatic heterocycles. The van der Waals surface area contributed by atoms with E-state index in [9.17, 15) is 59.1 Å². The van der Waals surface area contributed by atoms with E-state index in [0.29, 0.717) is 35.3 Å². The van der Waals surface area contributed by atoms with Crippen LogP contribution in [0.25, 0.3) is 33.5 Å². The van der Waals surface area contributed by atoms with Gasteiger partial charge in [-0.25, -0.2) is 57.1 Å². The van der Waals surface area contributed by atoms with Crippen LogP contribution in [0.4, 0.5) is 30.6 Å². The molecule has 15 rings (SSSR count). The van der Waals surface area contributed by atoms with Gasteiger partial charge in [0, 0.05) is 95.3 Å². The molecule has 0 radical (unpaired) electrons. The lowest BCUT2D eigenvalue weighted by Gasteiger charge is -2.17. The number of halogens is 3. The first-order valence-electron chi connectivity index (χ1n) is 53.6. The summed E-state index contributed by atoms with van der Waals surface area (Å²) in [5.41, 5.74) is -12.9. The summed E-state index contributed by atoms with van der Waals surface area (Å²) in [6.45, 7) is -3.46. The average Bonchev–Trinajstić information content (AvgIpc) is 1.47. The van der Waals surface area contributed by atoms with Crippen molar-refractivity contribution in [3.63, 3.8) is 0 Å². The van der Waals surface area contributed by atoms with E-state index < -0.39 is 340 Å². The predicted octanol–water partition coefficient (Wildman–Crippen LogP) is 6.55. The second kappa shape index (κ2) is 35.1. The van der Waals surface area contributed by atoms with Crippen molar-refractivity contribution < 1.29 is 132 Å². The molecule has 36 heteroatoms. The van der Waals surface area contributed by atoms with Crippen LogP contribution in [0.5, 0.6) is 0 Å². The minimum Gasteiger partial charge on any atom is -0.394 e. The molecule has 30 nitrogen and oxygen atoms in total. The Bertz CT molecular complexity index is 6900. The fourth-order valence-electron chi connectivity index (χ4n) is 9.87. The van der Waals surface area contributed by atoms with Gasteiger partial charge in [-0.3, -0.25) is 0 Å². The number of fused-ring (bicyclic) bond motifs is 3. The van der Waals surface area contributed by atoms with Crippen molar-refractivity contribution in [2.45, 2.75) is 223 Å². The van der Waals surface area contributed by atoms with Crippen molar-refractivity contribution in [2.75, 3.05) is 72.6 Å². The predicted molar refractivity (Wildman–Crippen MR) is 398 cm³/mol. The molecule has 18 atom stereocenters. The van der Waals surface area contributed by atoms with E-state index in [-0.39, 0.29) is 68.9 Å². The maximum absolute atomic E-state index is 15.0. The maximum Gasteiger partial charge on any atom is 0.191 e. The zero-order chi connectivity index (χ0) is 115. The molecule has 6 saturated carbocycles. The smallest absolute Gasteiger partial charge is 0.191 e. The van der Waals surface area contributed by atoms with Crippen LogP contribution in [0.2, 0.25) is 0 Å². The van der Waals surface area contributed by atoms with Gasteiger partial charge in [0.05, 0.1) is 111 Å². The van der Waals surface area contributed by atoms with Gasteiger partial charge in [0.2, 0.25) is 0 Å². The molecule has 0 bridgehead atoms. The monoisotopic (exact) mass is 1600 g/mol. The Kier molecular flexibility index (Phi) is 13.4. The number of nitrogens with one attached hydrogen (secondary N) is 3. The van der Waals surface area contributed by atoms with Crippen LogP contribution >= 0.6 is 35.3 Å². The van der Waals surface area contributed by atoms with E-state index in [1.165, 1.54) is 34.6 Å². The average molecular weight is 1600 g/mol. The van der Waals surface area contributed by atoms with Crippen molar-refractivity contribution in [1.29, 1.82) is 0 Å². The molecule has 6 aliphatic rings. The van der Waals surface area contributed by atoms with E-state index in [4.69, 9.17) is 68.4 Å². The summed E-state index contributed by atoms with van der Waals surface area (Å²) in [5, 5.41) is 123. The first-order valence-corrected chi connectivity index (χ1v) is 34.5. The van der Waals surface area contributed by atoms with Crippen molar-refractivity contribution in [3.8, 4) is 0 Å². The molecule has 6 heterocycles. The number of nitrogens with zero attached hydrogens (tertiary/aromatic N) is 15. The minimum absolute atomic E-state index is 0.0868. The Morgan fingerprint density at radius 2 is 0.852 bits per heavy atom. The highest BCUT2D eigenvalue weighted by atomic mass is 32.2. The minimum atomic E-state index is -4.18. The lowest BCUT2D eigenvalue weighted by atomic mass is 10.1. The van der Waals surface area contributed by atoms with Gasteiger partial charge >= 0.3 is 0 Å². The molecule has 9 aromatic rings. The van der Waals surface area contributed by atoms with Crippen molar-refractivity contribution in [1.82, 2.24) is 74.9 Å². The zero-order valence-corrected chi connectivity index (χ0v) is 59.3. The number of thioether (sulfide) groups is 3. The van der Waals surface area contributed by atoms with E-state index in [1.807, 2.05) is 0 Å². The topological polar surface area (TPSA) is 415 Å². The van der Waals surface area contributed by atoms with Crippen LogP contribution in [0.3, 0.4) is 0 Å². The first-order chi connectivity index (χ1) is 68.2. The molecule has 0 saturated heterocycles. The van der Waals surface area contributed by atoms with Gasteiger partial charge in [-0.2, -0.15) is 0 Å². The summed E-state index contributed by atoms with van der Waals surface area (Å²) >= 11 is 1.17. The Labute approximate surface area is 693 Å². The highest BCUT2D eigenvalue weighted by Crippen LogP contribution is 2.48. The van der Waals surface area contributed by atoms with Crippen LogP contribution in [0.15, 0.2) is 69.9 Å². The van der Waals surface area contributed by atoms with Gasteiger partial charge < -0.3 is 76.1 Å². The summed E-state index contributed by atoms with van der Waals surface area (Å²) in [6.07, 6.45) is -51.6. The molecule has 0 unspecified atom stereocenters. The molecule has 0 spiro atoms. The third-order valence-electron chi connectivity index (χ3n) is 15.3. The summed E-state index contributed by atoms with van der Waals surface area (Å²) in [7, 11) is 0. The molecule has 12 N–H and O–H groups in total. The lowest BCUT2D eigenvalue weighted by Crippen LogP contribution is -2.33. The van der Waals surface area contributed by atoms with E-state index in [1.54, 1.807) is 0 Å². The van der Waals surface area contributed by atoms with Gasteiger partial charge in [0.15, 0.2) is 66.4 Å². The van der Waals surface area contributed by atoms with Gasteiger partial charge in [-0.1, -0.05) is 108 Å². The number of aromatic nitrogens is 15. The van der Waals surface area contributed by atoms with Crippen molar-refractivity contribution in [2.24, 2.45) is 0 Å². The number of benzene rings is 3. The van der Waals surface area contributed by atoms with Gasteiger partial charge in [0.25, 0.3) is 0 Å². The van der Waals surface area contributed by atoms with Crippen LogP contribution < -0.4 is 16.0 Å². The molecule has 6 fully saturated rings. The summed E-state index contributed by atoms with van der Waals surface area (Å²) in [5.74, 6) is -11.7. The van der Waals surface area contributed by atoms with E-state index in [2.05, 4.69) is 81.5 Å². The van der Waals surface area contributed by atoms with Crippen LogP contribution in [-0.4, -0.2) is 250 Å².